The summed E-state index contributed by atoms with van der Waals surface area (Å²) >= 11 is 5.84. The van der Waals surface area contributed by atoms with E-state index in [1.54, 1.807) is 72.5 Å². The Morgan fingerprint density at radius 3 is 2.39 bits per heavy atom. The van der Waals surface area contributed by atoms with Crippen LogP contribution in [0.1, 0.15) is 32.1 Å². The summed E-state index contributed by atoms with van der Waals surface area (Å²) in [5, 5.41) is 0.569. The van der Waals surface area contributed by atoms with E-state index in [1.807, 2.05) is 0 Å². The molecule has 3 aromatic rings. The van der Waals surface area contributed by atoms with Gasteiger partial charge in [0.2, 0.25) is 11.6 Å². The first-order valence-corrected chi connectivity index (χ1v) is 7.36. The van der Waals surface area contributed by atoms with Crippen LogP contribution in [0, 0.1) is 0 Å². The minimum absolute atomic E-state index is 0.163. The Morgan fingerprint density at radius 1 is 1.00 bits per heavy atom. The van der Waals surface area contributed by atoms with Gasteiger partial charge in [-0.25, -0.2) is 0 Å². The lowest BCUT2D eigenvalue weighted by molar-refractivity contribution is 0.102. The second-order valence-corrected chi connectivity index (χ2v) is 5.54. The number of carbonyl (C=O) groups is 2. The molecule has 1 aromatic carbocycles. The van der Waals surface area contributed by atoms with Crippen molar-refractivity contribution in [3.8, 4) is 0 Å². The summed E-state index contributed by atoms with van der Waals surface area (Å²) in [6.07, 6.45) is 3.20. The van der Waals surface area contributed by atoms with Crippen LogP contribution >= 0.6 is 11.6 Å². The zero-order valence-electron chi connectivity index (χ0n) is 12.4. The monoisotopic (exact) mass is 324 g/mol. The molecule has 0 aliphatic rings. The second kappa shape index (κ2) is 6.18. The maximum atomic E-state index is 12.6. The van der Waals surface area contributed by atoms with Crippen LogP contribution in [-0.2, 0) is 7.05 Å². The Labute approximate surface area is 138 Å². The van der Waals surface area contributed by atoms with Crippen LogP contribution in [0.4, 0.5) is 0 Å². The van der Waals surface area contributed by atoms with Gasteiger partial charge in [-0.15, -0.1) is 0 Å². The Bertz CT molecular complexity index is 868. The molecule has 4 nitrogen and oxygen atoms in total. The predicted molar refractivity (Wildman–Crippen MR) is 88.0 cm³/mol. The number of pyridine rings is 1. The highest BCUT2D eigenvalue weighted by Gasteiger charge is 2.18. The van der Waals surface area contributed by atoms with Gasteiger partial charge in [0.1, 0.15) is 5.69 Å². The van der Waals surface area contributed by atoms with Crippen LogP contribution in [0.25, 0.3) is 0 Å². The number of aromatic nitrogens is 2. The smallest absolute Gasteiger partial charge is 0.212 e. The summed E-state index contributed by atoms with van der Waals surface area (Å²) in [6, 6.07) is 13.4. The van der Waals surface area contributed by atoms with Crippen molar-refractivity contribution >= 4 is 23.2 Å². The van der Waals surface area contributed by atoms with Crippen molar-refractivity contribution in [3.63, 3.8) is 0 Å². The Morgan fingerprint density at radius 2 is 1.74 bits per heavy atom. The second-order valence-electron chi connectivity index (χ2n) is 5.11. The lowest BCUT2D eigenvalue weighted by Crippen LogP contribution is -2.06. The van der Waals surface area contributed by atoms with Crippen molar-refractivity contribution in [1.82, 2.24) is 9.55 Å². The lowest BCUT2D eigenvalue weighted by atomic mass is 10.1. The number of hydrogen-bond acceptors (Lipinski definition) is 3. The van der Waals surface area contributed by atoms with E-state index in [-0.39, 0.29) is 11.6 Å². The fourth-order valence-electron chi connectivity index (χ4n) is 2.31. The van der Waals surface area contributed by atoms with Gasteiger partial charge in [0.05, 0.1) is 5.69 Å². The van der Waals surface area contributed by atoms with Gasteiger partial charge in [-0.1, -0.05) is 17.7 Å². The van der Waals surface area contributed by atoms with E-state index in [0.717, 1.165) is 0 Å². The number of ketones is 2. The third-order valence-electron chi connectivity index (χ3n) is 3.50. The van der Waals surface area contributed by atoms with E-state index >= 15 is 0 Å². The largest absolute Gasteiger partial charge is 0.347 e. The van der Waals surface area contributed by atoms with Crippen molar-refractivity contribution in [1.29, 1.82) is 0 Å². The average molecular weight is 325 g/mol. The topological polar surface area (TPSA) is 52.0 Å². The molecular formula is C18H13ClN2O2. The first-order chi connectivity index (χ1) is 11.1. The maximum Gasteiger partial charge on any atom is 0.212 e. The maximum absolute atomic E-state index is 12.6. The van der Waals surface area contributed by atoms with Gasteiger partial charge in [-0.2, -0.15) is 0 Å². The minimum Gasteiger partial charge on any atom is -0.347 e. The van der Waals surface area contributed by atoms with E-state index in [9.17, 15) is 9.59 Å². The van der Waals surface area contributed by atoms with Crippen LogP contribution in [0.2, 0.25) is 5.02 Å². The molecule has 23 heavy (non-hydrogen) atoms. The number of hydrogen-bond donors (Lipinski definition) is 0. The molecule has 0 aliphatic heterocycles. The van der Waals surface area contributed by atoms with Crippen LogP contribution in [0.15, 0.2) is 60.9 Å². The van der Waals surface area contributed by atoms with Crippen LogP contribution in [0.3, 0.4) is 0 Å². The molecule has 0 N–H and O–H groups in total. The van der Waals surface area contributed by atoms with Gasteiger partial charge >= 0.3 is 0 Å². The standard InChI is InChI=1S/C18H13ClN2O2/c1-21-11-13(17(22)15-4-2-3-9-20-15)10-16(21)18(23)12-5-7-14(19)8-6-12/h2-11H,1H3. The van der Waals surface area contributed by atoms with Gasteiger partial charge in [-0.3, -0.25) is 14.6 Å². The molecule has 3 rings (SSSR count). The number of halogens is 1. The predicted octanol–water partition coefficient (Wildman–Crippen LogP) is 3.54. The summed E-state index contributed by atoms with van der Waals surface area (Å²) < 4.78 is 1.65. The normalized spacial score (nSPS) is 10.5. The summed E-state index contributed by atoms with van der Waals surface area (Å²) in [4.78, 5) is 29.0. The minimum atomic E-state index is -0.212. The lowest BCUT2D eigenvalue weighted by Gasteiger charge is -2.02. The van der Waals surface area contributed by atoms with E-state index in [1.165, 1.54) is 0 Å². The number of carbonyl (C=O) groups excluding carboxylic acids is 2. The Hall–Kier alpha value is -2.72. The summed E-state index contributed by atoms with van der Waals surface area (Å²) in [5.74, 6) is -0.374. The van der Waals surface area contributed by atoms with E-state index in [2.05, 4.69) is 4.98 Å². The third kappa shape index (κ3) is 3.07. The molecule has 0 aliphatic carbocycles. The summed E-state index contributed by atoms with van der Waals surface area (Å²) in [5.41, 5.74) is 1.74. The first-order valence-electron chi connectivity index (χ1n) is 6.98. The first kappa shape index (κ1) is 15.2. The molecule has 2 heterocycles. The highest BCUT2D eigenvalue weighted by atomic mass is 35.5. The van der Waals surface area contributed by atoms with E-state index in [0.29, 0.717) is 27.5 Å². The van der Waals surface area contributed by atoms with Crippen LogP contribution in [-0.4, -0.2) is 21.1 Å². The highest BCUT2D eigenvalue weighted by molar-refractivity contribution is 6.30. The van der Waals surface area contributed by atoms with Crippen molar-refractivity contribution in [3.05, 3.63) is 88.5 Å². The van der Waals surface area contributed by atoms with E-state index < -0.39 is 0 Å². The number of nitrogens with zero attached hydrogens (tertiary/aromatic N) is 2. The fourth-order valence-corrected chi connectivity index (χ4v) is 2.43. The van der Waals surface area contributed by atoms with Crippen molar-refractivity contribution in [2.24, 2.45) is 7.05 Å². The number of rotatable bonds is 4. The Balaban J connectivity index is 1.93. The molecule has 0 radical (unpaired) electrons. The molecule has 0 bridgehead atoms. The molecule has 0 spiro atoms. The van der Waals surface area contributed by atoms with E-state index in [4.69, 9.17) is 11.6 Å². The molecule has 5 heteroatoms. The molecule has 0 atom stereocenters. The molecule has 0 saturated heterocycles. The van der Waals surface area contributed by atoms with Gasteiger partial charge in [0.15, 0.2) is 0 Å². The van der Waals surface area contributed by atoms with Gasteiger partial charge in [0.25, 0.3) is 0 Å². The zero-order valence-corrected chi connectivity index (χ0v) is 13.1. The zero-order chi connectivity index (χ0) is 16.4. The van der Waals surface area contributed by atoms with Crippen molar-refractivity contribution < 1.29 is 9.59 Å². The molecule has 0 fully saturated rings. The van der Waals surface area contributed by atoms with Crippen molar-refractivity contribution in [2.45, 2.75) is 0 Å². The third-order valence-corrected chi connectivity index (χ3v) is 3.76. The number of benzene rings is 1. The highest BCUT2D eigenvalue weighted by Crippen LogP contribution is 2.17. The summed E-state index contributed by atoms with van der Waals surface area (Å²) in [6.45, 7) is 0. The molecule has 2 aromatic heterocycles. The molecule has 114 valence electrons. The molecule has 0 saturated carbocycles. The van der Waals surface area contributed by atoms with Gasteiger partial charge in [-0.05, 0) is 42.5 Å². The van der Waals surface area contributed by atoms with Crippen LogP contribution < -0.4 is 0 Å². The Kier molecular flexibility index (Phi) is 4.08. The molecule has 0 amide bonds. The van der Waals surface area contributed by atoms with Crippen LogP contribution in [0.5, 0.6) is 0 Å². The van der Waals surface area contributed by atoms with Crippen molar-refractivity contribution in [2.75, 3.05) is 0 Å². The average Bonchev–Trinajstić information content (AvgIpc) is 2.97. The molecular weight excluding hydrogens is 312 g/mol. The molecule has 0 unspecified atom stereocenters. The fraction of sp³-hybridized carbons (Fsp3) is 0.0556. The quantitative estimate of drug-likeness (QED) is 0.690. The van der Waals surface area contributed by atoms with Gasteiger partial charge in [0, 0.05) is 35.6 Å². The van der Waals surface area contributed by atoms with Gasteiger partial charge < -0.3 is 4.57 Å². The SMILES string of the molecule is Cn1cc(C(=O)c2ccccn2)cc1C(=O)c1ccc(Cl)cc1. The summed E-state index contributed by atoms with van der Waals surface area (Å²) in [7, 11) is 1.73. The number of aryl methyl sites for hydroxylation is 1.